The molecule has 0 saturated heterocycles. The highest BCUT2D eigenvalue weighted by atomic mass is 79.9. The molecule has 1 atom stereocenters. The van der Waals surface area contributed by atoms with Gasteiger partial charge >= 0.3 is 6.18 Å². The van der Waals surface area contributed by atoms with Crippen molar-refractivity contribution in [2.45, 2.75) is 25.6 Å². The number of halogens is 4. The Bertz CT molecular complexity index is 388. The summed E-state index contributed by atoms with van der Waals surface area (Å²) in [6.07, 6.45) is -5.53. The summed E-state index contributed by atoms with van der Waals surface area (Å²) in [6.45, 7) is 1.40. The average molecular weight is 299 g/mol. The number of benzene rings is 1. The summed E-state index contributed by atoms with van der Waals surface area (Å²) in [6, 6.07) is 1.83. The van der Waals surface area contributed by atoms with E-state index in [0.717, 1.165) is 0 Å². The average Bonchev–Trinajstić information content (AvgIpc) is 2.08. The Balaban J connectivity index is 3.28. The normalized spacial score (nSPS) is 13.9. The summed E-state index contributed by atoms with van der Waals surface area (Å²) in [5.74, 6) is -0.471. The van der Waals surface area contributed by atoms with E-state index in [4.69, 9.17) is 5.11 Å². The molecule has 6 heteroatoms. The fraction of sp³-hybridized carbons (Fsp3) is 0.400. The molecule has 0 aromatic heterocycles. The second-order valence-corrected chi connectivity index (χ2v) is 4.37. The zero-order valence-corrected chi connectivity index (χ0v) is 9.93. The minimum atomic E-state index is -4.54. The summed E-state index contributed by atoms with van der Waals surface area (Å²) in [5.41, 5.74) is -0.971. The van der Waals surface area contributed by atoms with E-state index in [9.17, 15) is 18.3 Å². The van der Waals surface area contributed by atoms with Crippen LogP contribution < -0.4 is 0 Å². The highest BCUT2D eigenvalue weighted by molar-refractivity contribution is 9.10. The van der Waals surface area contributed by atoms with Crippen LogP contribution in [0.5, 0.6) is 5.75 Å². The molecule has 0 saturated carbocycles. The van der Waals surface area contributed by atoms with Crippen molar-refractivity contribution >= 4 is 15.9 Å². The standard InChI is InChI=1S/C10H10BrF3O2/c1-5(15)2-6-3-8(11)9(16)4-7(6)10(12,13)14/h3-5,15-16H,2H2,1H3. The van der Waals surface area contributed by atoms with Crippen molar-refractivity contribution in [3.05, 3.63) is 27.7 Å². The summed E-state index contributed by atoms with van der Waals surface area (Å²) < 4.78 is 38.0. The van der Waals surface area contributed by atoms with Gasteiger partial charge in [0.05, 0.1) is 16.1 Å². The molecule has 0 amide bonds. The lowest BCUT2D eigenvalue weighted by Crippen LogP contribution is -2.13. The van der Waals surface area contributed by atoms with Crippen LogP contribution in [0.15, 0.2) is 16.6 Å². The first-order chi connectivity index (χ1) is 7.21. The van der Waals surface area contributed by atoms with E-state index >= 15 is 0 Å². The van der Waals surface area contributed by atoms with E-state index in [2.05, 4.69) is 15.9 Å². The van der Waals surface area contributed by atoms with Crippen LogP contribution in [0.1, 0.15) is 18.1 Å². The fourth-order valence-corrected chi connectivity index (χ4v) is 1.74. The third kappa shape index (κ3) is 3.12. The largest absolute Gasteiger partial charge is 0.507 e. The summed E-state index contributed by atoms with van der Waals surface area (Å²) in [7, 11) is 0. The Morgan fingerprint density at radius 1 is 1.38 bits per heavy atom. The maximum atomic E-state index is 12.6. The molecule has 0 bridgehead atoms. The van der Waals surface area contributed by atoms with E-state index in [1.165, 1.54) is 13.0 Å². The molecule has 1 unspecified atom stereocenters. The Morgan fingerprint density at radius 2 is 1.94 bits per heavy atom. The molecule has 2 nitrogen and oxygen atoms in total. The number of hydrogen-bond acceptors (Lipinski definition) is 2. The van der Waals surface area contributed by atoms with Crippen molar-refractivity contribution in [1.29, 1.82) is 0 Å². The third-order valence-corrected chi connectivity index (χ3v) is 2.63. The van der Waals surface area contributed by atoms with Crippen LogP contribution in [0, 0.1) is 0 Å². The van der Waals surface area contributed by atoms with Crippen LogP contribution in [0.3, 0.4) is 0 Å². The first kappa shape index (κ1) is 13.3. The zero-order valence-electron chi connectivity index (χ0n) is 8.35. The SMILES string of the molecule is CC(O)Cc1cc(Br)c(O)cc1C(F)(F)F. The topological polar surface area (TPSA) is 40.5 Å². The molecular weight excluding hydrogens is 289 g/mol. The Morgan fingerprint density at radius 3 is 2.38 bits per heavy atom. The lowest BCUT2D eigenvalue weighted by molar-refractivity contribution is -0.138. The Kier molecular flexibility index (Phi) is 3.85. The van der Waals surface area contributed by atoms with Crippen molar-refractivity contribution in [2.75, 3.05) is 0 Å². The van der Waals surface area contributed by atoms with Gasteiger partial charge in [-0.15, -0.1) is 0 Å². The van der Waals surface area contributed by atoms with Crippen LogP contribution >= 0.6 is 15.9 Å². The molecule has 1 aromatic carbocycles. The number of rotatable bonds is 2. The molecule has 0 fully saturated rings. The van der Waals surface area contributed by atoms with Gasteiger partial charge in [0.2, 0.25) is 0 Å². The van der Waals surface area contributed by atoms with Crippen LogP contribution in [0.25, 0.3) is 0 Å². The maximum Gasteiger partial charge on any atom is 0.416 e. The van der Waals surface area contributed by atoms with Gasteiger partial charge in [-0.3, -0.25) is 0 Å². The van der Waals surface area contributed by atoms with Gasteiger partial charge in [0.15, 0.2) is 0 Å². The minimum Gasteiger partial charge on any atom is -0.507 e. The van der Waals surface area contributed by atoms with Crippen molar-refractivity contribution in [3.8, 4) is 5.75 Å². The van der Waals surface area contributed by atoms with Gasteiger partial charge in [-0.1, -0.05) is 0 Å². The lowest BCUT2D eigenvalue weighted by Gasteiger charge is -2.15. The molecule has 1 aromatic rings. The van der Waals surface area contributed by atoms with Crippen LogP contribution in [0.4, 0.5) is 13.2 Å². The first-order valence-electron chi connectivity index (χ1n) is 4.48. The molecule has 16 heavy (non-hydrogen) atoms. The zero-order chi connectivity index (χ0) is 12.5. The molecule has 0 aliphatic rings. The summed E-state index contributed by atoms with van der Waals surface area (Å²) >= 11 is 2.94. The smallest absolute Gasteiger partial charge is 0.416 e. The summed E-state index contributed by atoms with van der Waals surface area (Å²) in [4.78, 5) is 0. The van der Waals surface area contributed by atoms with Crippen LogP contribution in [-0.2, 0) is 12.6 Å². The number of phenolic OH excluding ortho intramolecular Hbond substituents is 1. The predicted octanol–water partition coefficient (Wildman–Crippen LogP) is 3.10. The van der Waals surface area contributed by atoms with Crippen molar-refractivity contribution in [3.63, 3.8) is 0 Å². The van der Waals surface area contributed by atoms with Crippen molar-refractivity contribution in [2.24, 2.45) is 0 Å². The number of aromatic hydroxyl groups is 1. The van der Waals surface area contributed by atoms with Gasteiger partial charge < -0.3 is 10.2 Å². The van der Waals surface area contributed by atoms with Gasteiger partial charge in [0.25, 0.3) is 0 Å². The fourth-order valence-electron chi connectivity index (χ4n) is 1.35. The van der Waals surface area contributed by atoms with E-state index in [1.807, 2.05) is 0 Å². The van der Waals surface area contributed by atoms with E-state index in [-0.39, 0.29) is 16.5 Å². The molecule has 0 aliphatic heterocycles. The molecule has 2 N–H and O–H groups in total. The molecule has 0 spiro atoms. The third-order valence-electron chi connectivity index (χ3n) is 1.99. The Labute approximate surface area is 98.8 Å². The number of aliphatic hydroxyl groups excluding tert-OH is 1. The van der Waals surface area contributed by atoms with Gasteiger partial charge in [0, 0.05) is 0 Å². The Hall–Kier alpha value is -0.750. The maximum absolute atomic E-state index is 12.6. The van der Waals surface area contributed by atoms with Gasteiger partial charge in [0.1, 0.15) is 5.75 Å². The molecule has 1 rings (SSSR count). The van der Waals surface area contributed by atoms with E-state index < -0.39 is 23.6 Å². The van der Waals surface area contributed by atoms with Gasteiger partial charge in [-0.2, -0.15) is 13.2 Å². The molecule has 0 aliphatic carbocycles. The highest BCUT2D eigenvalue weighted by Crippen LogP contribution is 2.37. The number of alkyl halides is 3. The van der Waals surface area contributed by atoms with E-state index in [1.54, 1.807) is 0 Å². The molecular formula is C10H10BrF3O2. The van der Waals surface area contributed by atoms with Gasteiger partial charge in [-0.25, -0.2) is 0 Å². The molecule has 0 heterocycles. The van der Waals surface area contributed by atoms with Crippen LogP contribution in [0.2, 0.25) is 0 Å². The van der Waals surface area contributed by atoms with Gasteiger partial charge in [-0.05, 0) is 47.0 Å². The quantitative estimate of drug-likeness (QED) is 0.881. The van der Waals surface area contributed by atoms with Crippen molar-refractivity contribution < 1.29 is 23.4 Å². The predicted molar refractivity (Wildman–Crippen MR) is 56.2 cm³/mol. The number of phenols is 1. The summed E-state index contributed by atoms with van der Waals surface area (Å²) in [5, 5.41) is 18.3. The van der Waals surface area contributed by atoms with Crippen LogP contribution in [-0.4, -0.2) is 16.3 Å². The second kappa shape index (κ2) is 4.63. The molecule has 0 radical (unpaired) electrons. The van der Waals surface area contributed by atoms with Crippen molar-refractivity contribution in [1.82, 2.24) is 0 Å². The molecule has 90 valence electrons. The highest BCUT2D eigenvalue weighted by Gasteiger charge is 2.34. The number of aliphatic hydroxyl groups is 1. The monoisotopic (exact) mass is 298 g/mol. The number of hydrogen-bond donors (Lipinski definition) is 2. The minimum absolute atomic E-state index is 0.0489. The lowest BCUT2D eigenvalue weighted by atomic mass is 10.0. The van der Waals surface area contributed by atoms with E-state index in [0.29, 0.717) is 6.07 Å². The first-order valence-corrected chi connectivity index (χ1v) is 5.27. The second-order valence-electron chi connectivity index (χ2n) is 3.51.